The van der Waals surface area contributed by atoms with Gasteiger partial charge in [0.25, 0.3) is 5.56 Å². The highest BCUT2D eigenvalue weighted by Crippen LogP contribution is 2.04. The number of aromatic nitrogens is 2. The monoisotopic (exact) mass is 275 g/mol. The molecule has 0 aliphatic carbocycles. The maximum Gasteiger partial charge on any atom is 0.319 e. The van der Waals surface area contributed by atoms with Crippen LogP contribution in [0.2, 0.25) is 0 Å². The van der Waals surface area contributed by atoms with Gasteiger partial charge in [-0.2, -0.15) is 0 Å². The van der Waals surface area contributed by atoms with Gasteiger partial charge in [0.15, 0.2) is 0 Å². The van der Waals surface area contributed by atoms with Gasteiger partial charge in [-0.1, -0.05) is 0 Å². The Morgan fingerprint density at radius 3 is 2.90 bits per heavy atom. The minimum absolute atomic E-state index is 0.128. The molecule has 0 radical (unpaired) electrons. The number of hydrogen-bond donors (Lipinski definition) is 0. The van der Waals surface area contributed by atoms with E-state index in [0.29, 0.717) is 17.9 Å². The zero-order valence-electron chi connectivity index (χ0n) is 11.8. The second-order valence-electron chi connectivity index (χ2n) is 4.77. The Bertz CT molecular complexity index is 694. The molecule has 2 aromatic heterocycles. The van der Waals surface area contributed by atoms with Gasteiger partial charge in [-0.15, -0.1) is 0 Å². The van der Waals surface area contributed by atoms with Gasteiger partial charge in [-0.05, 0) is 31.7 Å². The van der Waals surface area contributed by atoms with Gasteiger partial charge in [0.2, 0.25) is 0 Å². The molecule has 0 fully saturated rings. The van der Waals surface area contributed by atoms with Crippen LogP contribution >= 0.6 is 0 Å². The van der Waals surface area contributed by atoms with Crippen molar-refractivity contribution >= 4 is 11.6 Å². The topological polar surface area (TPSA) is 63.9 Å². The Morgan fingerprint density at radius 1 is 1.45 bits per heavy atom. The molecule has 0 amide bonds. The molecule has 0 aliphatic heterocycles. The summed E-state index contributed by atoms with van der Waals surface area (Å²) in [7, 11) is 3.12. The summed E-state index contributed by atoms with van der Waals surface area (Å²) in [5.41, 5.74) is 2.15. The van der Waals surface area contributed by atoms with Crippen LogP contribution < -0.4 is 5.56 Å². The quantitative estimate of drug-likeness (QED) is 0.765. The number of esters is 1. The molecule has 0 N–H and O–H groups in total. The molecule has 0 aromatic carbocycles. The van der Waals surface area contributed by atoms with E-state index in [0.717, 1.165) is 5.56 Å². The first-order valence-electron chi connectivity index (χ1n) is 6.24. The molecule has 2 heterocycles. The molecule has 0 unspecified atom stereocenters. The second kappa shape index (κ2) is 5.83. The predicted octanol–water partition coefficient (Wildman–Crippen LogP) is 0.608. The lowest BCUT2D eigenvalue weighted by atomic mass is 10.3. The molecule has 6 heteroatoms. The number of carbonyl (C=O) groups is 1. The first-order valence-corrected chi connectivity index (χ1v) is 6.24. The Kier molecular flexibility index (Phi) is 4.14. The van der Waals surface area contributed by atoms with Crippen LogP contribution in [0.3, 0.4) is 0 Å². The number of fused-ring (bicyclic) bond motifs is 1. The summed E-state index contributed by atoms with van der Waals surface area (Å²) in [5.74, 6) is -0.319. The van der Waals surface area contributed by atoms with E-state index in [2.05, 4.69) is 9.72 Å². The molecule has 2 rings (SSSR count). The van der Waals surface area contributed by atoms with E-state index in [1.807, 2.05) is 19.1 Å². The smallest absolute Gasteiger partial charge is 0.319 e. The fourth-order valence-electron chi connectivity index (χ4n) is 1.95. The molecule has 2 aromatic rings. The maximum absolute atomic E-state index is 12.0. The van der Waals surface area contributed by atoms with Gasteiger partial charge in [-0.3, -0.25) is 18.9 Å². The summed E-state index contributed by atoms with van der Waals surface area (Å²) >= 11 is 0. The largest absolute Gasteiger partial charge is 0.468 e. The zero-order valence-corrected chi connectivity index (χ0v) is 11.8. The molecule has 20 heavy (non-hydrogen) atoms. The Morgan fingerprint density at radius 2 is 2.20 bits per heavy atom. The van der Waals surface area contributed by atoms with Crippen LogP contribution in [0.5, 0.6) is 0 Å². The first kappa shape index (κ1) is 14.2. The van der Waals surface area contributed by atoms with E-state index in [-0.39, 0.29) is 18.1 Å². The van der Waals surface area contributed by atoms with Crippen LogP contribution in [-0.2, 0) is 16.1 Å². The lowest BCUT2D eigenvalue weighted by molar-refractivity contribution is -0.141. The summed E-state index contributed by atoms with van der Waals surface area (Å²) in [5, 5.41) is 0. The molecule has 106 valence electrons. The number of likely N-dealkylation sites (N-methyl/N-ethyl adjacent to an activating group) is 1. The van der Waals surface area contributed by atoms with Crippen molar-refractivity contribution in [2.45, 2.75) is 13.5 Å². The number of aryl methyl sites for hydroxylation is 1. The molecule has 0 spiro atoms. The molecule has 0 bridgehead atoms. The predicted molar refractivity (Wildman–Crippen MR) is 74.5 cm³/mol. The Balaban J connectivity index is 2.27. The van der Waals surface area contributed by atoms with Crippen LogP contribution in [0, 0.1) is 6.92 Å². The molecule has 6 nitrogen and oxygen atoms in total. The van der Waals surface area contributed by atoms with Gasteiger partial charge in [0.1, 0.15) is 5.65 Å². The number of pyridine rings is 1. The maximum atomic E-state index is 12.0. The zero-order chi connectivity index (χ0) is 14.7. The number of carbonyl (C=O) groups excluding carboxylic acids is 1. The molecule has 0 saturated heterocycles. The van der Waals surface area contributed by atoms with Gasteiger partial charge in [0, 0.05) is 18.8 Å². The van der Waals surface area contributed by atoms with Crippen LogP contribution in [0.4, 0.5) is 0 Å². The SMILES string of the molecule is COC(=O)CN(C)Cc1cc(=O)n2ccc(C)cc2n1. The Hall–Kier alpha value is -2.21. The average Bonchev–Trinajstić information content (AvgIpc) is 2.37. The Labute approximate surface area is 116 Å². The van der Waals surface area contributed by atoms with Crippen molar-refractivity contribution < 1.29 is 9.53 Å². The number of rotatable bonds is 4. The minimum atomic E-state index is -0.319. The van der Waals surface area contributed by atoms with E-state index in [9.17, 15) is 9.59 Å². The number of hydrogen-bond acceptors (Lipinski definition) is 5. The van der Waals surface area contributed by atoms with Gasteiger partial charge in [0.05, 0.1) is 19.3 Å². The number of methoxy groups -OCH3 is 1. The van der Waals surface area contributed by atoms with E-state index in [1.54, 1.807) is 18.1 Å². The third-order valence-electron chi connectivity index (χ3n) is 2.93. The van der Waals surface area contributed by atoms with Gasteiger partial charge >= 0.3 is 5.97 Å². The molecule has 0 saturated carbocycles. The van der Waals surface area contributed by atoms with Crippen molar-refractivity contribution in [1.29, 1.82) is 0 Å². The van der Waals surface area contributed by atoms with Crippen LogP contribution in [0.1, 0.15) is 11.3 Å². The summed E-state index contributed by atoms with van der Waals surface area (Å²) < 4.78 is 6.10. The van der Waals surface area contributed by atoms with Crippen molar-refractivity contribution in [3.63, 3.8) is 0 Å². The van der Waals surface area contributed by atoms with Crippen molar-refractivity contribution in [2.24, 2.45) is 0 Å². The highest BCUT2D eigenvalue weighted by atomic mass is 16.5. The average molecular weight is 275 g/mol. The number of nitrogens with zero attached hydrogens (tertiary/aromatic N) is 3. The summed E-state index contributed by atoms with van der Waals surface area (Å²) in [6.45, 7) is 2.52. The number of ether oxygens (including phenoxy) is 1. The van der Waals surface area contributed by atoms with Crippen LogP contribution in [-0.4, -0.2) is 41.0 Å². The van der Waals surface area contributed by atoms with Crippen LogP contribution in [0.15, 0.2) is 29.2 Å². The van der Waals surface area contributed by atoms with Crippen LogP contribution in [0.25, 0.3) is 5.65 Å². The van der Waals surface area contributed by atoms with Gasteiger partial charge < -0.3 is 4.74 Å². The van der Waals surface area contributed by atoms with Gasteiger partial charge in [-0.25, -0.2) is 4.98 Å². The summed E-state index contributed by atoms with van der Waals surface area (Å²) in [6, 6.07) is 5.19. The second-order valence-corrected chi connectivity index (χ2v) is 4.77. The van der Waals surface area contributed by atoms with Crippen molar-refractivity contribution in [3.8, 4) is 0 Å². The third kappa shape index (κ3) is 3.21. The molecule has 0 aliphatic rings. The molecular formula is C14H17N3O3. The fourth-order valence-corrected chi connectivity index (χ4v) is 1.95. The van der Waals surface area contributed by atoms with Crippen molar-refractivity contribution in [2.75, 3.05) is 20.7 Å². The summed E-state index contributed by atoms with van der Waals surface area (Å²) in [4.78, 5) is 29.4. The highest BCUT2D eigenvalue weighted by molar-refractivity contribution is 5.71. The molecule has 0 atom stereocenters. The van der Waals surface area contributed by atoms with Crippen molar-refractivity contribution in [3.05, 3.63) is 46.0 Å². The van der Waals surface area contributed by atoms with E-state index < -0.39 is 0 Å². The normalized spacial score (nSPS) is 11.0. The summed E-state index contributed by atoms with van der Waals surface area (Å²) in [6.07, 6.45) is 1.71. The third-order valence-corrected chi connectivity index (χ3v) is 2.93. The van der Waals surface area contributed by atoms with E-state index in [4.69, 9.17) is 0 Å². The molecular weight excluding hydrogens is 258 g/mol. The standard InChI is InChI=1S/C14H17N3O3/c1-10-4-5-17-12(6-10)15-11(7-13(17)18)8-16(2)9-14(19)20-3/h4-7H,8-9H2,1-3H3. The first-order chi connectivity index (χ1) is 9.49. The lowest BCUT2D eigenvalue weighted by Gasteiger charge is -2.14. The van der Waals surface area contributed by atoms with E-state index >= 15 is 0 Å². The highest BCUT2D eigenvalue weighted by Gasteiger charge is 2.09. The minimum Gasteiger partial charge on any atom is -0.468 e. The van der Waals surface area contributed by atoms with E-state index in [1.165, 1.54) is 17.6 Å². The van der Waals surface area contributed by atoms with Crippen molar-refractivity contribution in [1.82, 2.24) is 14.3 Å². The lowest BCUT2D eigenvalue weighted by Crippen LogP contribution is -2.27. The fraction of sp³-hybridized carbons (Fsp3) is 0.357.